The lowest BCUT2D eigenvalue weighted by molar-refractivity contribution is -0.113. The summed E-state index contributed by atoms with van der Waals surface area (Å²) in [6, 6.07) is 12.4. The van der Waals surface area contributed by atoms with E-state index < -0.39 is 0 Å². The van der Waals surface area contributed by atoms with E-state index in [0.29, 0.717) is 26.5 Å². The fourth-order valence-electron chi connectivity index (χ4n) is 2.11. The smallest absolute Gasteiger partial charge is 0.264 e. The summed E-state index contributed by atoms with van der Waals surface area (Å²) in [7, 11) is 0. The standard InChI is InChI=1S/C17H14BrCl2N7OS/c18-11-2-1-3-13(6-11)23-15(28)9-29-17-26-25-16(27(17)21)24-22-8-10-4-5-12(19)7-14(10)20/h1-8H,9,21H2,(H,23,28)(H,24,25)/b22-8+. The highest BCUT2D eigenvalue weighted by Gasteiger charge is 2.12. The number of anilines is 2. The zero-order valence-corrected chi connectivity index (χ0v) is 18.6. The number of benzene rings is 2. The van der Waals surface area contributed by atoms with Gasteiger partial charge in [-0.25, -0.2) is 10.1 Å². The molecule has 0 fully saturated rings. The molecule has 0 aliphatic heterocycles. The van der Waals surface area contributed by atoms with Crippen LogP contribution in [0.2, 0.25) is 10.0 Å². The van der Waals surface area contributed by atoms with Crippen LogP contribution in [0.4, 0.5) is 11.6 Å². The number of rotatable bonds is 7. The van der Waals surface area contributed by atoms with Gasteiger partial charge in [0.25, 0.3) is 5.95 Å². The van der Waals surface area contributed by atoms with E-state index >= 15 is 0 Å². The van der Waals surface area contributed by atoms with E-state index in [-0.39, 0.29) is 17.6 Å². The Bertz CT molecular complexity index is 1060. The molecule has 0 spiro atoms. The Kier molecular flexibility index (Phi) is 7.37. The van der Waals surface area contributed by atoms with Crippen LogP contribution in [-0.2, 0) is 4.79 Å². The first-order valence-corrected chi connectivity index (χ1v) is 10.6. The van der Waals surface area contributed by atoms with E-state index in [0.717, 1.165) is 16.2 Å². The van der Waals surface area contributed by atoms with Gasteiger partial charge in [0.1, 0.15) is 0 Å². The molecule has 0 aliphatic carbocycles. The third-order valence-electron chi connectivity index (χ3n) is 3.44. The minimum absolute atomic E-state index is 0.117. The lowest BCUT2D eigenvalue weighted by Crippen LogP contribution is -2.16. The largest absolute Gasteiger partial charge is 0.334 e. The second kappa shape index (κ2) is 9.97. The lowest BCUT2D eigenvalue weighted by Gasteiger charge is -2.05. The van der Waals surface area contributed by atoms with Gasteiger partial charge in [0.2, 0.25) is 11.1 Å². The molecule has 12 heteroatoms. The molecule has 29 heavy (non-hydrogen) atoms. The number of halogens is 3. The average Bonchev–Trinajstić information content (AvgIpc) is 3.02. The number of hydrogen-bond donors (Lipinski definition) is 3. The number of nitrogens with two attached hydrogens (primary N) is 1. The molecule has 3 aromatic rings. The van der Waals surface area contributed by atoms with Gasteiger partial charge in [-0.15, -0.1) is 10.2 Å². The minimum atomic E-state index is -0.194. The van der Waals surface area contributed by atoms with Gasteiger partial charge in [0.05, 0.1) is 17.0 Å². The highest BCUT2D eigenvalue weighted by atomic mass is 79.9. The van der Waals surface area contributed by atoms with E-state index in [2.05, 4.69) is 42.0 Å². The molecular weight excluding hydrogens is 501 g/mol. The number of carbonyl (C=O) groups excluding carboxylic acids is 1. The van der Waals surface area contributed by atoms with Crippen LogP contribution in [0, 0.1) is 0 Å². The summed E-state index contributed by atoms with van der Waals surface area (Å²) in [5.41, 5.74) is 4.04. The monoisotopic (exact) mass is 513 g/mol. The topological polar surface area (TPSA) is 110 Å². The number of nitrogens with one attached hydrogen (secondary N) is 2. The van der Waals surface area contributed by atoms with Crippen molar-refractivity contribution in [2.75, 3.05) is 22.3 Å². The van der Waals surface area contributed by atoms with Crippen molar-refractivity contribution in [3.63, 3.8) is 0 Å². The van der Waals surface area contributed by atoms with Crippen LogP contribution >= 0.6 is 50.9 Å². The Morgan fingerprint density at radius 3 is 2.86 bits per heavy atom. The summed E-state index contributed by atoms with van der Waals surface area (Å²) in [6.07, 6.45) is 1.51. The van der Waals surface area contributed by atoms with Crippen LogP contribution in [0.25, 0.3) is 0 Å². The van der Waals surface area contributed by atoms with Gasteiger partial charge in [0.15, 0.2) is 0 Å². The molecule has 0 saturated carbocycles. The highest BCUT2D eigenvalue weighted by molar-refractivity contribution is 9.10. The number of nitrogens with zero attached hydrogens (tertiary/aromatic N) is 4. The number of hydrazone groups is 1. The first-order valence-electron chi connectivity index (χ1n) is 8.05. The van der Waals surface area contributed by atoms with Crippen LogP contribution in [0.1, 0.15) is 5.56 Å². The van der Waals surface area contributed by atoms with Gasteiger partial charge in [0, 0.05) is 20.7 Å². The summed E-state index contributed by atoms with van der Waals surface area (Å²) in [5.74, 6) is 6.08. The summed E-state index contributed by atoms with van der Waals surface area (Å²) in [5, 5.41) is 16.0. The van der Waals surface area contributed by atoms with Gasteiger partial charge < -0.3 is 11.2 Å². The van der Waals surface area contributed by atoms with Gasteiger partial charge in [-0.05, 0) is 30.3 Å². The second-order valence-electron chi connectivity index (χ2n) is 5.56. The maximum absolute atomic E-state index is 12.1. The number of nitrogen functional groups attached to an aromatic ring is 1. The normalized spacial score (nSPS) is 11.0. The minimum Gasteiger partial charge on any atom is -0.334 e. The van der Waals surface area contributed by atoms with Gasteiger partial charge in [-0.3, -0.25) is 4.79 Å². The van der Waals surface area contributed by atoms with Crippen LogP contribution in [0.5, 0.6) is 0 Å². The molecule has 150 valence electrons. The molecular formula is C17H14BrCl2N7OS. The maximum Gasteiger partial charge on any atom is 0.264 e. The van der Waals surface area contributed by atoms with E-state index in [1.165, 1.54) is 10.9 Å². The Morgan fingerprint density at radius 1 is 1.28 bits per heavy atom. The molecule has 1 heterocycles. The van der Waals surface area contributed by atoms with Crippen molar-refractivity contribution in [2.45, 2.75) is 5.16 Å². The molecule has 4 N–H and O–H groups in total. The van der Waals surface area contributed by atoms with Crippen molar-refractivity contribution < 1.29 is 4.79 Å². The van der Waals surface area contributed by atoms with E-state index in [1.54, 1.807) is 30.3 Å². The van der Waals surface area contributed by atoms with Crippen molar-refractivity contribution in [2.24, 2.45) is 5.10 Å². The number of aromatic nitrogens is 3. The zero-order valence-electron chi connectivity index (χ0n) is 14.6. The highest BCUT2D eigenvalue weighted by Crippen LogP contribution is 2.20. The Balaban J connectivity index is 1.55. The number of thioether (sulfide) groups is 1. The quantitative estimate of drug-likeness (QED) is 0.188. The lowest BCUT2D eigenvalue weighted by atomic mass is 10.2. The molecule has 0 radical (unpaired) electrons. The van der Waals surface area contributed by atoms with Crippen molar-refractivity contribution in [3.05, 3.63) is 62.5 Å². The average molecular weight is 515 g/mol. The predicted molar refractivity (Wildman–Crippen MR) is 121 cm³/mol. The van der Waals surface area contributed by atoms with E-state index in [1.807, 2.05) is 12.1 Å². The van der Waals surface area contributed by atoms with Crippen LogP contribution < -0.4 is 16.6 Å². The Hall–Kier alpha value is -2.27. The van der Waals surface area contributed by atoms with Crippen molar-refractivity contribution in [3.8, 4) is 0 Å². The van der Waals surface area contributed by atoms with Crippen molar-refractivity contribution in [1.29, 1.82) is 0 Å². The zero-order chi connectivity index (χ0) is 20.8. The molecule has 1 aromatic heterocycles. The first-order chi connectivity index (χ1) is 13.9. The van der Waals surface area contributed by atoms with Gasteiger partial charge in [-0.1, -0.05) is 63.0 Å². The number of carbonyl (C=O) groups is 1. The summed E-state index contributed by atoms with van der Waals surface area (Å²) < 4.78 is 2.08. The fraction of sp³-hybridized carbons (Fsp3) is 0.0588. The van der Waals surface area contributed by atoms with Crippen LogP contribution in [0.15, 0.2) is 57.2 Å². The van der Waals surface area contributed by atoms with Crippen molar-refractivity contribution in [1.82, 2.24) is 14.9 Å². The molecule has 2 aromatic carbocycles. The molecule has 1 amide bonds. The summed E-state index contributed by atoms with van der Waals surface area (Å²) in [6.45, 7) is 0. The molecule has 0 unspecified atom stereocenters. The van der Waals surface area contributed by atoms with E-state index in [4.69, 9.17) is 29.0 Å². The second-order valence-corrected chi connectivity index (χ2v) is 8.26. The molecule has 0 atom stereocenters. The van der Waals surface area contributed by atoms with Crippen LogP contribution in [-0.4, -0.2) is 32.7 Å². The van der Waals surface area contributed by atoms with Gasteiger partial charge in [-0.2, -0.15) is 5.10 Å². The molecule has 3 rings (SSSR count). The fourth-order valence-corrected chi connectivity index (χ4v) is 3.62. The van der Waals surface area contributed by atoms with E-state index in [9.17, 15) is 4.79 Å². The first kappa shape index (κ1) is 21.4. The predicted octanol–water partition coefficient (Wildman–Crippen LogP) is 4.24. The SMILES string of the molecule is Nn1c(N/N=C/c2ccc(Cl)cc2Cl)nnc1SCC(=O)Nc1cccc(Br)c1. The third kappa shape index (κ3) is 6.10. The van der Waals surface area contributed by atoms with Gasteiger partial charge >= 0.3 is 0 Å². The molecule has 8 nitrogen and oxygen atoms in total. The number of amides is 1. The summed E-state index contributed by atoms with van der Waals surface area (Å²) >= 11 is 16.4. The molecule has 0 saturated heterocycles. The number of hydrogen-bond acceptors (Lipinski definition) is 7. The Morgan fingerprint density at radius 2 is 2.10 bits per heavy atom. The Labute approximate surface area is 189 Å². The summed E-state index contributed by atoms with van der Waals surface area (Å²) in [4.78, 5) is 12.1. The molecule has 0 aliphatic rings. The maximum atomic E-state index is 12.1. The molecule has 0 bridgehead atoms. The third-order valence-corrected chi connectivity index (χ3v) is 5.43. The van der Waals surface area contributed by atoms with Crippen molar-refractivity contribution >= 4 is 74.7 Å². The van der Waals surface area contributed by atoms with Crippen LogP contribution in [0.3, 0.4) is 0 Å².